The number of guanidine groups is 1. The number of ether oxygens (including phenoxy) is 2. The molecule has 0 atom stereocenters. The molecule has 7 nitrogen and oxygen atoms in total. The number of rotatable bonds is 8. The molecule has 1 amide bonds. The Kier molecular flexibility index (Phi) is 8.74. The van der Waals surface area contributed by atoms with Crippen molar-refractivity contribution in [3.8, 4) is 11.5 Å². The number of hydrogen-bond acceptors (Lipinski definition) is 4. The normalized spacial score (nSPS) is 15.4. The van der Waals surface area contributed by atoms with Crippen molar-refractivity contribution >= 4 is 11.9 Å². The van der Waals surface area contributed by atoms with E-state index in [1.54, 1.807) is 14.2 Å². The summed E-state index contributed by atoms with van der Waals surface area (Å²) in [6.45, 7) is 3.30. The molecule has 0 aliphatic carbocycles. The number of carbonyl (C=O) groups is 1. The summed E-state index contributed by atoms with van der Waals surface area (Å²) < 4.78 is 11.0. The second kappa shape index (κ2) is 11.3. The van der Waals surface area contributed by atoms with E-state index in [1.165, 1.54) is 0 Å². The second-order valence-corrected chi connectivity index (χ2v) is 6.66. The van der Waals surface area contributed by atoms with E-state index in [4.69, 9.17) is 9.47 Å². The molecule has 1 saturated heterocycles. The van der Waals surface area contributed by atoms with Gasteiger partial charge in [0.15, 0.2) is 5.96 Å². The van der Waals surface area contributed by atoms with Gasteiger partial charge in [-0.1, -0.05) is 6.07 Å². The third-order valence-electron chi connectivity index (χ3n) is 4.79. The highest BCUT2D eigenvalue weighted by atomic mass is 16.5. The van der Waals surface area contributed by atoms with Crippen LogP contribution in [-0.2, 0) is 4.79 Å². The van der Waals surface area contributed by atoms with Crippen LogP contribution in [0.5, 0.6) is 11.5 Å². The highest BCUT2D eigenvalue weighted by molar-refractivity contribution is 5.80. The van der Waals surface area contributed by atoms with Crippen LogP contribution in [0.1, 0.15) is 25.7 Å². The van der Waals surface area contributed by atoms with Crippen molar-refractivity contribution in [2.75, 3.05) is 47.4 Å². The van der Waals surface area contributed by atoms with Gasteiger partial charge in [-0.05, 0) is 37.3 Å². The summed E-state index contributed by atoms with van der Waals surface area (Å²) in [4.78, 5) is 18.2. The maximum absolute atomic E-state index is 11.5. The van der Waals surface area contributed by atoms with Crippen molar-refractivity contribution in [3.63, 3.8) is 0 Å². The first-order valence-corrected chi connectivity index (χ1v) is 9.59. The number of piperidine rings is 1. The Bertz CT molecular complexity index is 613. The van der Waals surface area contributed by atoms with Gasteiger partial charge in [0.05, 0.1) is 13.7 Å². The molecule has 1 fully saturated rings. The van der Waals surface area contributed by atoms with E-state index in [-0.39, 0.29) is 5.91 Å². The number of hydrogen-bond donors (Lipinski definition) is 2. The molecule has 1 aromatic carbocycles. The standard InChI is InChI=1S/C20H32N4O3/c1-21-19(25)14-16-8-11-24(12-9-16)20(22-2)23-10-5-13-27-18-7-4-6-17(15-18)26-3/h4,6-7,15-16H,5,8-14H2,1-3H3,(H,21,25)(H,22,23). The van der Waals surface area contributed by atoms with Crippen molar-refractivity contribution in [1.82, 2.24) is 15.5 Å². The number of nitrogens with one attached hydrogen (secondary N) is 2. The fourth-order valence-corrected chi connectivity index (χ4v) is 3.20. The quantitative estimate of drug-likeness (QED) is 0.412. The number of methoxy groups -OCH3 is 1. The third-order valence-corrected chi connectivity index (χ3v) is 4.79. The molecule has 27 heavy (non-hydrogen) atoms. The molecule has 150 valence electrons. The predicted octanol–water partition coefficient (Wildman–Crippen LogP) is 1.89. The van der Waals surface area contributed by atoms with Gasteiger partial charge in [0.2, 0.25) is 5.91 Å². The zero-order valence-electron chi connectivity index (χ0n) is 16.7. The summed E-state index contributed by atoms with van der Waals surface area (Å²) in [5.74, 6) is 3.14. The lowest BCUT2D eigenvalue weighted by Crippen LogP contribution is -2.46. The Morgan fingerprint density at radius 2 is 2.04 bits per heavy atom. The number of likely N-dealkylation sites (tertiary alicyclic amines) is 1. The van der Waals surface area contributed by atoms with Crippen LogP contribution in [-0.4, -0.2) is 64.2 Å². The van der Waals surface area contributed by atoms with Gasteiger partial charge < -0.3 is 25.0 Å². The maximum atomic E-state index is 11.5. The fourth-order valence-electron chi connectivity index (χ4n) is 3.20. The molecule has 1 aliphatic rings. The van der Waals surface area contributed by atoms with Crippen LogP contribution in [0, 0.1) is 5.92 Å². The van der Waals surface area contributed by atoms with E-state index < -0.39 is 0 Å². The summed E-state index contributed by atoms with van der Waals surface area (Å²) in [6, 6.07) is 7.63. The SMILES string of the molecule is CN=C(NCCCOc1cccc(OC)c1)N1CCC(CC(=O)NC)CC1. The minimum absolute atomic E-state index is 0.131. The van der Waals surface area contributed by atoms with Crippen LogP contribution in [0.3, 0.4) is 0 Å². The molecule has 1 heterocycles. The van der Waals surface area contributed by atoms with Crippen LogP contribution in [0.15, 0.2) is 29.3 Å². The molecule has 0 bridgehead atoms. The molecular weight excluding hydrogens is 344 g/mol. The lowest BCUT2D eigenvalue weighted by atomic mass is 9.93. The lowest BCUT2D eigenvalue weighted by Gasteiger charge is -2.34. The monoisotopic (exact) mass is 376 g/mol. The van der Waals surface area contributed by atoms with E-state index in [0.717, 1.165) is 56.4 Å². The van der Waals surface area contributed by atoms with Gasteiger partial charge in [0.25, 0.3) is 0 Å². The average molecular weight is 377 g/mol. The number of carbonyl (C=O) groups excluding carboxylic acids is 1. The molecular formula is C20H32N4O3. The van der Waals surface area contributed by atoms with Crippen molar-refractivity contribution in [2.24, 2.45) is 10.9 Å². The van der Waals surface area contributed by atoms with Crippen LogP contribution >= 0.6 is 0 Å². The van der Waals surface area contributed by atoms with Crippen molar-refractivity contribution in [2.45, 2.75) is 25.7 Å². The Hall–Kier alpha value is -2.44. The van der Waals surface area contributed by atoms with Crippen molar-refractivity contribution in [3.05, 3.63) is 24.3 Å². The van der Waals surface area contributed by atoms with E-state index in [9.17, 15) is 4.79 Å². The highest BCUT2D eigenvalue weighted by Crippen LogP contribution is 2.20. The molecule has 0 unspecified atom stereocenters. The largest absolute Gasteiger partial charge is 0.497 e. The Labute approximate surface area is 162 Å². The first-order chi connectivity index (χ1) is 13.2. The van der Waals surface area contributed by atoms with Gasteiger partial charge in [-0.2, -0.15) is 0 Å². The summed E-state index contributed by atoms with van der Waals surface area (Å²) in [5.41, 5.74) is 0. The molecule has 0 radical (unpaired) electrons. The summed E-state index contributed by atoms with van der Waals surface area (Å²) >= 11 is 0. The van der Waals surface area contributed by atoms with E-state index in [1.807, 2.05) is 31.3 Å². The van der Waals surface area contributed by atoms with E-state index >= 15 is 0 Å². The van der Waals surface area contributed by atoms with Gasteiger partial charge in [-0.25, -0.2) is 0 Å². The molecule has 1 aromatic rings. The van der Waals surface area contributed by atoms with Gasteiger partial charge >= 0.3 is 0 Å². The Morgan fingerprint density at radius 1 is 1.30 bits per heavy atom. The zero-order valence-corrected chi connectivity index (χ0v) is 16.7. The van der Waals surface area contributed by atoms with Crippen LogP contribution in [0.25, 0.3) is 0 Å². The number of aliphatic imine (C=N–C) groups is 1. The van der Waals surface area contributed by atoms with Crippen molar-refractivity contribution in [1.29, 1.82) is 0 Å². The second-order valence-electron chi connectivity index (χ2n) is 6.66. The van der Waals surface area contributed by atoms with E-state index in [2.05, 4.69) is 20.5 Å². The number of nitrogens with zero attached hydrogens (tertiary/aromatic N) is 2. The lowest BCUT2D eigenvalue weighted by molar-refractivity contribution is -0.121. The van der Waals surface area contributed by atoms with Gasteiger partial charge in [-0.15, -0.1) is 0 Å². The molecule has 0 spiro atoms. The molecule has 2 N–H and O–H groups in total. The first kappa shape index (κ1) is 20.9. The molecule has 1 aliphatic heterocycles. The van der Waals surface area contributed by atoms with Gasteiger partial charge in [0, 0.05) is 46.2 Å². The van der Waals surface area contributed by atoms with Crippen LogP contribution < -0.4 is 20.1 Å². The van der Waals surface area contributed by atoms with Crippen LogP contribution in [0.4, 0.5) is 0 Å². The van der Waals surface area contributed by atoms with Gasteiger partial charge in [0.1, 0.15) is 11.5 Å². The minimum Gasteiger partial charge on any atom is -0.497 e. The molecule has 0 saturated carbocycles. The fraction of sp³-hybridized carbons (Fsp3) is 0.600. The average Bonchev–Trinajstić information content (AvgIpc) is 2.71. The minimum atomic E-state index is 0.131. The highest BCUT2D eigenvalue weighted by Gasteiger charge is 2.22. The number of amides is 1. The number of benzene rings is 1. The topological polar surface area (TPSA) is 75.2 Å². The molecule has 2 rings (SSSR count). The predicted molar refractivity (Wildman–Crippen MR) is 107 cm³/mol. The maximum Gasteiger partial charge on any atom is 0.220 e. The zero-order chi connectivity index (χ0) is 19.5. The smallest absolute Gasteiger partial charge is 0.220 e. The first-order valence-electron chi connectivity index (χ1n) is 9.59. The van der Waals surface area contributed by atoms with Crippen molar-refractivity contribution < 1.29 is 14.3 Å². The summed E-state index contributed by atoms with van der Waals surface area (Å²) in [7, 11) is 5.16. The van der Waals surface area contributed by atoms with Crippen LogP contribution in [0.2, 0.25) is 0 Å². The van der Waals surface area contributed by atoms with Gasteiger partial charge in [-0.3, -0.25) is 9.79 Å². The molecule has 0 aromatic heterocycles. The Morgan fingerprint density at radius 3 is 2.70 bits per heavy atom. The Balaban J connectivity index is 1.65. The third kappa shape index (κ3) is 7.00. The summed E-state index contributed by atoms with van der Waals surface area (Å²) in [6.07, 6.45) is 3.54. The van der Waals surface area contributed by atoms with E-state index in [0.29, 0.717) is 18.9 Å². The molecule has 7 heteroatoms. The summed E-state index contributed by atoms with van der Waals surface area (Å²) in [5, 5.41) is 6.11.